The van der Waals surface area contributed by atoms with Crippen LogP contribution in [0.3, 0.4) is 0 Å². The molecule has 1 aromatic rings. The van der Waals surface area contributed by atoms with Gasteiger partial charge < -0.3 is 14.9 Å². The second kappa shape index (κ2) is 4.59. The Hall–Kier alpha value is -1.58. The van der Waals surface area contributed by atoms with Crippen LogP contribution in [0.5, 0.6) is 0 Å². The number of aliphatic hydroxyl groups is 2. The molecule has 9 heteroatoms. The normalized spacial score (nSPS) is 31.8. The van der Waals surface area contributed by atoms with Crippen molar-refractivity contribution in [2.75, 3.05) is 6.61 Å². The lowest BCUT2D eigenvalue weighted by Gasteiger charge is -2.16. The minimum atomic E-state index is -1.91. The van der Waals surface area contributed by atoms with Gasteiger partial charge in [-0.25, -0.2) is 9.18 Å². The maximum absolute atomic E-state index is 13.4. The van der Waals surface area contributed by atoms with Crippen molar-refractivity contribution in [3.05, 3.63) is 32.9 Å². The first kappa shape index (κ1) is 12.9. The van der Waals surface area contributed by atoms with Gasteiger partial charge in [-0.15, -0.1) is 0 Å². The van der Waals surface area contributed by atoms with Gasteiger partial charge in [-0.2, -0.15) is 4.39 Å². The fourth-order valence-electron chi connectivity index (χ4n) is 1.74. The Balaban J connectivity index is 2.42. The summed E-state index contributed by atoms with van der Waals surface area (Å²) in [6.45, 7) is -0.699. The summed E-state index contributed by atoms with van der Waals surface area (Å²) in [6, 6.07) is 0. The van der Waals surface area contributed by atoms with Gasteiger partial charge in [-0.1, -0.05) is 0 Å². The Labute approximate surface area is 98.3 Å². The van der Waals surface area contributed by atoms with Gasteiger partial charge in [0.05, 0.1) is 12.8 Å². The zero-order valence-corrected chi connectivity index (χ0v) is 8.92. The molecule has 0 bridgehead atoms. The second-order valence-corrected chi connectivity index (χ2v) is 3.83. The van der Waals surface area contributed by atoms with Gasteiger partial charge in [0.15, 0.2) is 12.4 Å². The SMILES string of the molecule is O=c1[nH]c(=O)n(C2OC(CO)C(F)C2O)cc1F. The molecular formula is C9H10F2N2O5. The second-order valence-electron chi connectivity index (χ2n) is 3.83. The number of H-pyrrole nitrogens is 1. The zero-order chi connectivity index (χ0) is 13.4. The number of nitrogens with zero attached hydrogens (tertiary/aromatic N) is 1. The molecule has 0 spiro atoms. The molecule has 1 fully saturated rings. The van der Waals surface area contributed by atoms with Gasteiger partial charge in [0.1, 0.15) is 12.2 Å². The van der Waals surface area contributed by atoms with Crippen LogP contribution >= 0.6 is 0 Å². The van der Waals surface area contributed by atoms with Gasteiger partial charge in [-0.3, -0.25) is 14.3 Å². The number of halogens is 2. The van der Waals surface area contributed by atoms with Gasteiger partial charge in [0.25, 0.3) is 5.56 Å². The fraction of sp³-hybridized carbons (Fsp3) is 0.556. The van der Waals surface area contributed by atoms with Crippen LogP contribution in [0.1, 0.15) is 6.23 Å². The van der Waals surface area contributed by atoms with Gasteiger partial charge in [0.2, 0.25) is 5.82 Å². The molecule has 1 aliphatic heterocycles. The Morgan fingerprint density at radius 3 is 2.72 bits per heavy atom. The van der Waals surface area contributed by atoms with E-state index in [9.17, 15) is 23.5 Å². The van der Waals surface area contributed by atoms with E-state index in [0.29, 0.717) is 10.8 Å². The van der Waals surface area contributed by atoms with Crippen molar-refractivity contribution in [2.24, 2.45) is 0 Å². The average Bonchev–Trinajstić information content (AvgIpc) is 2.61. The zero-order valence-electron chi connectivity index (χ0n) is 8.92. The van der Waals surface area contributed by atoms with E-state index in [1.807, 2.05) is 0 Å². The molecule has 2 rings (SSSR count). The van der Waals surface area contributed by atoms with E-state index in [1.54, 1.807) is 4.98 Å². The Bertz CT molecular complexity index is 557. The first-order valence-electron chi connectivity index (χ1n) is 5.05. The summed E-state index contributed by atoms with van der Waals surface area (Å²) in [4.78, 5) is 23.9. The molecule has 0 radical (unpaired) electrons. The number of alkyl halides is 1. The van der Waals surface area contributed by atoms with Crippen LogP contribution < -0.4 is 11.2 Å². The van der Waals surface area contributed by atoms with E-state index in [1.165, 1.54) is 0 Å². The van der Waals surface area contributed by atoms with Crippen LogP contribution in [0, 0.1) is 5.82 Å². The number of nitrogens with one attached hydrogen (secondary N) is 1. The highest BCUT2D eigenvalue weighted by molar-refractivity contribution is 4.94. The van der Waals surface area contributed by atoms with Gasteiger partial charge in [0, 0.05) is 0 Å². The lowest BCUT2D eigenvalue weighted by molar-refractivity contribution is -0.0542. The van der Waals surface area contributed by atoms with E-state index in [2.05, 4.69) is 0 Å². The summed E-state index contributed by atoms with van der Waals surface area (Å²) in [5, 5.41) is 18.3. The molecule has 1 aliphatic rings. The van der Waals surface area contributed by atoms with E-state index in [4.69, 9.17) is 9.84 Å². The first-order chi connectivity index (χ1) is 8.45. The molecule has 4 unspecified atom stereocenters. The van der Waals surface area contributed by atoms with Crippen LogP contribution in [0.4, 0.5) is 8.78 Å². The minimum Gasteiger partial charge on any atom is -0.394 e. The van der Waals surface area contributed by atoms with Crippen molar-refractivity contribution in [3.63, 3.8) is 0 Å². The molecular weight excluding hydrogens is 254 g/mol. The predicted molar refractivity (Wildman–Crippen MR) is 53.2 cm³/mol. The Kier molecular flexibility index (Phi) is 3.28. The Morgan fingerprint density at radius 1 is 1.50 bits per heavy atom. The summed E-state index contributed by atoms with van der Waals surface area (Å²) in [5.41, 5.74) is -2.27. The Morgan fingerprint density at radius 2 is 2.17 bits per heavy atom. The van der Waals surface area contributed by atoms with E-state index >= 15 is 0 Å². The monoisotopic (exact) mass is 264 g/mol. The molecule has 4 atom stereocenters. The molecule has 2 heterocycles. The number of rotatable bonds is 2. The third-order valence-electron chi connectivity index (χ3n) is 2.67. The highest BCUT2D eigenvalue weighted by atomic mass is 19.1. The van der Waals surface area contributed by atoms with Crippen molar-refractivity contribution in [1.82, 2.24) is 9.55 Å². The highest BCUT2D eigenvalue weighted by Gasteiger charge is 2.45. The standard InChI is InChI=1S/C9H10F2N2O5/c10-3-1-13(9(17)12-7(3)16)8-6(15)5(11)4(2-14)18-8/h1,4-6,8,14-15H,2H2,(H,12,16,17). The molecule has 0 aliphatic carbocycles. The number of aliphatic hydroxyl groups excluding tert-OH is 2. The smallest absolute Gasteiger partial charge is 0.330 e. The highest BCUT2D eigenvalue weighted by Crippen LogP contribution is 2.30. The number of aromatic nitrogens is 2. The van der Waals surface area contributed by atoms with Crippen LogP contribution in [0.15, 0.2) is 15.8 Å². The first-order valence-corrected chi connectivity index (χ1v) is 5.05. The molecule has 100 valence electrons. The predicted octanol–water partition coefficient (Wildman–Crippen LogP) is -1.74. The van der Waals surface area contributed by atoms with Crippen LogP contribution in [0.25, 0.3) is 0 Å². The van der Waals surface area contributed by atoms with Crippen molar-refractivity contribution in [3.8, 4) is 0 Å². The minimum absolute atomic E-state index is 0.515. The molecule has 0 saturated carbocycles. The number of hydrogen-bond acceptors (Lipinski definition) is 5. The molecule has 0 aromatic carbocycles. The maximum Gasteiger partial charge on any atom is 0.330 e. The number of hydrogen-bond donors (Lipinski definition) is 3. The van der Waals surface area contributed by atoms with Gasteiger partial charge >= 0.3 is 5.69 Å². The summed E-state index contributed by atoms with van der Waals surface area (Å²) in [7, 11) is 0. The van der Waals surface area contributed by atoms with Crippen LogP contribution in [-0.4, -0.2) is 44.8 Å². The molecule has 3 N–H and O–H groups in total. The van der Waals surface area contributed by atoms with E-state index < -0.39 is 48.3 Å². The largest absolute Gasteiger partial charge is 0.394 e. The van der Waals surface area contributed by atoms with E-state index in [0.717, 1.165) is 0 Å². The fourth-order valence-corrected chi connectivity index (χ4v) is 1.74. The number of aromatic amines is 1. The van der Waals surface area contributed by atoms with Crippen molar-refractivity contribution in [1.29, 1.82) is 0 Å². The summed E-state index contributed by atoms with van der Waals surface area (Å²) >= 11 is 0. The quantitative estimate of drug-likeness (QED) is 0.588. The summed E-state index contributed by atoms with van der Waals surface area (Å²) < 4.78 is 31.9. The number of ether oxygens (including phenoxy) is 1. The summed E-state index contributed by atoms with van der Waals surface area (Å²) in [6.07, 6.45) is -5.96. The van der Waals surface area contributed by atoms with Crippen LogP contribution in [-0.2, 0) is 4.74 Å². The van der Waals surface area contributed by atoms with Crippen molar-refractivity contribution < 1.29 is 23.7 Å². The molecule has 1 saturated heterocycles. The summed E-state index contributed by atoms with van der Waals surface area (Å²) in [5.74, 6) is -1.27. The lowest BCUT2D eigenvalue weighted by atomic mass is 10.1. The average molecular weight is 264 g/mol. The van der Waals surface area contributed by atoms with Crippen molar-refractivity contribution in [2.45, 2.75) is 24.6 Å². The van der Waals surface area contributed by atoms with E-state index in [-0.39, 0.29) is 0 Å². The van der Waals surface area contributed by atoms with Crippen molar-refractivity contribution >= 4 is 0 Å². The maximum atomic E-state index is 13.4. The third-order valence-corrected chi connectivity index (χ3v) is 2.67. The third kappa shape index (κ3) is 1.96. The lowest BCUT2D eigenvalue weighted by Crippen LogP contribution is -2.37. The molecule has 0 amide bonds. The topological polar surface area (TPSA) is 105 Å². The molecule has 7 nitrogen and oxygen atoms in total. The molecule has 18 heavy (non-hydrogen) atoms. The van der Waals surface area contributed by atoms with Gasteiger partial charge in [-0.05, 0) is 0 Å². The molecule has 1 aromatic heterocycles. The van der Waals surface area contributed by atoms with Crippen LogP contribution in [0.2, 0.25) is 0 Å².